The van der Waals surface area contributed by atoms with Crippen molar-refractivity contribution < 1.29 is 9.84 Å². The summed E-state index contributed by atoms with van der Waals surface area (Å²) in [6.45, 7) is 2.57. The molecule has 0 radical (unpaired) electrons. The van der Waals surface area contributed by atoms with Crippen LogP contribution in [0.15, 0.2) is 18.3 Å². The Kier molecular flexibility index (Phi) is 4.73. The zero-order valence-corrected chi connectivity index (χ0v) is 13.4. The molecule has 1 aliphatic heterocycles. The average molecular weight is 318 g/mol. The van der Waals surface area contributed by atoms with E-state index in [0.717, 1.165) is 30.2 Å². The van der Waals surface area contributed by atoms with Crippen LogP contribution in [0.1, 0.15) is 17.8 Å². The van der Waals surface area contributed by atoms with Gasteiger partial charge in [0, 0.05) is 33.4 Å². The van der Waals surface area contributed by atoms with Crippen molar-refractivity contribution in [2.45, 2.75) is 25.7 Å². The van der Waals surface area contributed by atoms with Gasteiger partial charge in [0.1, 0.15) is 5.82 Å². The Morgan fingerprint density at radius 3 is 3.13 bits per heavy atom. The average Bonchev–Trinajstić information content (AvgIpc) is 3.17. The van der Waals surface area contributed by atoms with E-state index < -0.39 is 0 Å². The molecule has 3 heterocycles. The number of hydrogen-bond donors (Lipinski definition) is 2. The van der Waals surface area contributed by atoms with Gasteiger partial charge >= 0.3 is 0 Å². The van der Waals surface area contributed by atoms with Crippen molar-refractivity contribution in [1.29, 1.82) is 0 Å². The summed E-state index contributed by atoms with van der Waals surface area (Å²) in [6.07, 6.45) is 2.27. The molecule has 124 valence electrons. The molecule has 0 aliphatic carbocycles. The lowest BCUT2D eigenvalue weighted by atomic mass is 10.3. The van der Waals surface area contributed by atoms with Crippen LogP contribution in [0, 0.1) is 0 Å². The highest BCUT2D eigenvalue weighted by molar-refractivity contribution is 5.44. The molecule has 0 amide bonds. The predicted octanol–water partition coefficient (Wildman–Crippen LogP) is 0.553. The minimum atomic E-state index is -0.268. The van der Waals surface area contributed by atoms with Gasteiger partial charge in [-0.1, -0.05) is 0 Å². The third-order valence-corrected chi connectivity index (χ3v) is 3.84. The number of methoxy groups -OCH3 is 1. The van der Waals surface area contributed by atoms with Crippen molar-refractivity contribution in [3.05, 3.63) is 29.7 Å². The number of rotatable bonds is 6. The van der Waals surface area contributed by atoms with Crippen LogP contribution in [0.25, 0.3) is 0 Å². The second kappa shape index (κ2) is 6.93. The lowest BCUT2D eigenvalue weighted by Crippen LogP contribution is -2.24. The van der Waals surface area contributed by atoms with Crippen LogP contribution < -0.4 is 9.80 Å². The molecule has 0 aromatic carbocycles. The number of aliphatic hydroxyl groups is 1. The Bertz CT molecular complexity index is 646. The van der Waals surface area contributed by atoms with Gasteiger partial charge in [-0.15, -0.1) is 0 Å². The van der Waals surface area contributed by atoms with Crippen molar-refractivity contribution in [2.24, 2.45) is 0 Å². The molecule has 2 aromatic heterocycles. The molecule has 0 unspecified atom stereocenters. The molecule has 8 nitrogen and oxygen atoms in total. The number of aliphatic hydroxyl groups excluding tert-OH is 1. The van der Waals surface area contributed by atoms with Crippen LogP contribution in [0.3, 0.4) is 0 Å². The fourth-order valence-corrected chi connectivity index (χ4v) is 2.69. The predicted molar refractivity (Wildman–Crippen MR) is 86.3 cm³/mol. The first kappa shape index (κ1) is 15.7. The number of nitrogens with zero attached hydrogens (tertiary/aromatic N) is 5. The van der Waals surface area contributed by atoms with Gasteiger partial charge in [-0.2, -0.15) is 10.1 Å². The van der Waals surface area contributed by atoms with Crippen molar-refractivity contribution in [1.82, 2.24) is 20.2 Å². The number of hydrogen-bond acceptors (Lipinski definition) is 7. The van der Waals surface area contributed by atoms with E-state index in [9.17, 15) is 5.11 Å². The molecule has 2 N–H and O–H groups in total. The van der Waals surface area contributed by atoms with E-state index in [-0.39, 0.29) is 6.10 Å². The number of ether oxygens (including phenoxy) is 1. The summed E-state index contributed by atoms with van der Waals surface area (Å²) in [5, 5.41) is 16.8. The zero-order chi connectivity index (χ0) is 16.2. The number of aromatic nitrogens is 4. The first-order valence-corrected chi connectivity index (χ1v) is 7.65. The Hall–Kier alpha value is -2.19. The van der Waals surface area contributed by atoms with E-state index in [4.69, 9.17) is 4.74 Å². The molecular weight excluding hydrogens is 296 g/mol. The van der Waals surface area contributed by atoms with Gasteiger partial charge in [0.15, 0.2) is 0 Å². The van der Waals surface area contributed by atoms with Crippen LogP contribution in [0.5, 0.6) is 0 Å². The summed E-state index contributed by atoms with van der Waals surface area (Å²) in [5.41, 5.74) is 1.85. The molecule has 1 atom stereocenters. The van der Waals surface area contributed by atoms with Crippen molar-refractivity contribution in [3.8, 4) is 0 Å². The fourth-order valence-electron chi connectivity index (χ4n) is 2.69. The first-order chi connectivity index (χ1) is 11.2. The molecule has 23 heavy (non-hydrogen) atoms. The van der Waals surface area contributed by atoms with Crippen molar-refractivity contribution >= 4 is 11.8 Å². The number of aromatic amines is 1. The quantitative estimate of drug-likeness (QED) is 0.804. The summed E-state index contributed by atoms with van der Waals surface area (Å²) >= 11 is 0. The molecule has 8 heteroatoms. The second-order valence-corrected chi connectivity index (χ2v) is 5.78. The Balaban J connectivity index is 1.68. The van der Waals surface area contributed by atoms with E-state index in [1.807, 2.05) is 24.1 Å². The maximum atomic E-state index is 9.66. The number of anilines is 2. The number of H-pyrrole nitrogens is 1. The van der Waals surface area contributed by atoms with Gasteiger partial charge in [-0.3, -0.25) is 5.10 Å². The topological polar surface area (TPSA) is 90.4 Å². The smallest absolute Gasteiger partial charge is 0.227 e. The highest BCUT2D eigenvalue weighted by atomic mass is 16.5. The van der Waals surface area contributed by atoms with Gasteiger partial charge in [0.25, 0.3) is 0 Å². The number of nitrogens with one attached hydrogen (secondary N) is 1. The van der Waals surface area contributed by atoms with E-state index in [1.165, 1.54) is 0 Å². The normalized spacial score (nSPS) is 17.7. The SMILES string of the molecule is COCc1cc(CN(C)c2nccc(N3CC[C@@H](O)C3)n2)[nH]n1. The zero-order valence-electron chi connectivity index (χ0n) is 13.4. The third kappa shape index (κ3) is 3.77. The molecule has 1 fully saturated rings. The summed E-state index contributed by atoms with van der Waals surface area (Å²) in [5.74, 6) is 1.50. The minimum absolute atomic E-state index is 0.268. The minimum Gasteiger partial charge on any atom is -0.391 e. The summed E-state index contributed by atoms with van der Waals surface area (Å²) in [7, 11) is 3.59. The van der Waals surface area contributed by atoms with Gasteiger partial charge < -0.3 is 19.6 Å². The molecule has 3 rings (SSSR count). The Morgan fingerprint density at radius 1 is 1.52 bits per heavy atom. The Morgan fingerprint density at radius 2 is 2.39 bits per heavy atom. The van der Waals surface area contributed by atoms with Crippen molar-refractivity contribution in [2.75, 3.05) is 37.0 Å². The van der Waals surface area contributed by atoms with Gasteiger partial charge in [0.05, 0.1) is 30.6 Å². The molecular formula is C15H22N6O2. The Labute approximate surface area is 135 Å². The second-order valence-electron chi connectivity index (χ2n) is 5.78. The monoisotopic (exact) mass is 318 g/mol. The first-order valence-electron chi connectivity index (χ1n) is 7.65. The molecule has 0 spiro atoms. The third-order valence-electron chi connectivity index (χ3n) is 3.84. The van der Waals surface area contributed by atoms with Crippen LogP contribution in [0.4, 0.5) is 11.8 Å². The van der Waals surface area contributed by atoms with E-state index >= 15 is 0 Å². The van der Waals surface area contributed by atoms with Crippen LogP contribution >= 0.6 is 0 Å². The molecule has 0 bridgehead atoms. The van der Waals surface area contributed by atoms with Crippen LogP contribution in [0.2, 0.25) is 0 Å². The van der Waals surface area contributed by atoms with Crippen LogP contribution in [-0.4, -0.2) is 58.6 Å². The highest BCUT2D eigenvalue weighted by Gasteiger charge is 2.22. The fraction of sp³-hybridized carbons (Fsp3) is 0.533. The lowest BCUT2D eigenvalue weighted by molar-refractivity contribution is 0.181. The molecule has 1 saturated heterocycles. The molecule has 2 aromatic rings. The standard InChI is InChI=1S/C15H22N6O2/c1-20(8-11-7-12(10-23-2)19-18-11)15-16-5-3-14(17-15)21-6-4-13(22)9-21/h3,5,7,13,22H,4,6,8-10H2,1-2H3,(H,18,19)/t13-/m1/s1. The van der Waals surface area contributed by atoms with Gasteiger partial charge in [-0.05, 0) is 18.6 Å². The van der Waals surface area contributed by atoms with E-state index in [1.54, 1.807) is 13.3 Å². The molecule has 0 saturated carbocycles. The summed E-state index contributed by atoms with van der Waals surface area (Å²) in [6, 6.07) is 3.85. The van der Waals surface area contributed by atoms with E-state index in [0.29, 0.717) is 25.6 Å². The van der Waals surface area contributed by atoms with Gasteiger partial charge in [-0.25, -0.2) is 4.98 Å². The molecule has 1 aliphatic rings. The van der Waals surface area contributed by atoms with Crippen LogP contribution in [-0.2, 0) is 17.9 Å². The van der Waals surface area contributed by atoms with E-state index in [2.05, 4.69) is 25.1 Å². The summed E-state index contributed by atoms with van der Waals surface area (Å²) in [4.78, 5) is 13.0. The van der Waals surface area contributed by atoms with Crippen molar-refractivity contribution in [3.63, 3.8) is 0 Å². The number of β-amino-alcohol motifs (C(OH)–C–C–N with tert-alkyl or cyclic N) is 1. The maximum absolute atomic E-state index is 9.66. The van der Waals surface area contributed by atoms with Gasteiger partial charge in [0.2, 0.25) is 5.95 Å². The summed E-state index contributed by atoms with van der Waals surface area (Å²) < 4.78 is 5.07. The maximum Gasteiger partial charge on any atom is 0.227 e. The largest absolute Gasteiger partial charge is 0.391 e. The lowest BCUT2D eigenvalue weighted by Gasteiger charge is -2.20. The highest BCUT2D eigenvalue weighted by Crippen LogP contribution is 2.20.